The van der Waals surface area contributed by atoms with Gasteiger partial charge in [-0.1, -0.05) is 0 Å². The third kappa shape index (κ3) is 2.75. The highest BCUT2D eigenvalue weighted by Gasteiger charge is 2.00. The van der Waals surface area contributed by atoms with Crippen LogP contribution in [0.1, 0.15) is 11.3 Å². The van der Waals surface area contributed by atoms with Crippen LogP contribution in [0.2, 0.25) is 0 Å². The summed E-state index contributed by atoms with van der Waals surface area (Å²) in [5.74, 6) is 0.860. The van der Waals surface area contributed by atoms with E-state index in [2.05, 4.69) is 15.4 Å². The van der Waals surface area contributed by atoms with Crippen molar-refractivity contribution in [2.75, 3.05) is 17.6 Å². The molecule has 0 aliphatic rings. The van der Waals surface area contributed by atoms with Gasteiger partial charge in [-0.3, -0.25) is 4.68 Å². The minimum Gasteiger partial charge on any atom is -0.397 e. The topological polar surface area (TPSA) is 68.8 Å². The van der Waals surface area contributed by atoms with Gasteiger partial charge in [0, 0.05) is 31.9 Å². The summed E-state index contributed by atoms with van der Waals surface area (Å²) in [4.78, 5) is 4.22. The van der Waals surface area contributed by atoms with Crippen molar-refractivity contribution in [1.82, 2.24) is 14.8 Å². The fraction of sp³-hybridized carbons (Fsp3) is 0.333. The third-order valence-corrected chi connectivity index (χ3v) is 2.76. The van der Waals surface area contributed by atoms with Crippen LogP contribution in [0.4, 0.5) is 11.5 Å². The zero-order valence-corrected chi connectivity index (χ0v) is 10.1. The summed E-state index contributed by atoms with van der Waals surface area (Å²) in [6.07, 6.45) is 4.41. The molecule has 0 radical (unpaired) electrons. The van der Waals surface area contributed by atoms with Crippen LogP contribution < -0.4 is 11.1 Å². The van der Waals surface area contributed by atoms with Crippen molar-refractivity contribution in [3.63, 3.8) is 0 Å². The zero-order valence-electron chi connectivity index (χ0n) is 10.1. The number of pyridine rings is 1. The monoisotopic (exact) mass is 231 g/mol. The Labute approximate surface area is 101 Å². The number of rotatable bonds is 4. The summed E-state index contributed by atoms with van der Waals surface area (Å²) in [6.45, 7) is 2.80. The molecule has 0 saturated carbocycles. The molecule has 0 bridgehead atoms. The lowest BCUT2D eigenvalue weighted by Crippen LogP contribution is -2.09. The van der Waals surface area contributed by atoms with Gasteiger partial charge >= 0.3 is 0 Å². The molecule has 5 nitrogen and oxygen atoms in total. The Balaban J connectivity index is 1.90. The van der Waals surface area contributed by atoms with E-state index in [0.717, 1.165) is 30.0 Å². The SMILES string of the molecule is Cc1cc(NCCc2ccnn2C)ncc1N. The Morgan fingerprint density at radius 1 is 1.47 bits per heavy atom. The van der Waals surface area contributed by atoms with Crippen molar-refractivity contribution >= 4 is 11.5 Å². The Hall–Kier alpha value is -2.04. The average Bonchev–Trinajstić information content (AvgIpc) is 2.70. The number of hydrogen-bond donors (Lipinski definition) is 2. The zero-order chi connectivity index (χ0) is 12.3. The van der Waals surface area contributed by atoms with Gasteiger partial charge in [-0.2, -0.15) is 5.10 Å². The first-order chi connectivity index (χ1) is 8.16. The summed E-state index contributed by atoms with van der Waals surface area (Å²) in [5.41, 5.74) is 8.68. The molecule has 0 aromatic carbocycles. The van der Waals surface area contributed by atoms with Crippen molar-refractivity contribution in [1.29, 1.82) is 0 Å². The number of aryl methyl sites for hydroxylation is 2. The van der Waals surface area contributed by atoms with Gasteiger partial charge in [0.1, 0.15) is 5.82 Å². The average molecular weight is 231 g/mol. The number of nitrogens with two attached hydrogens (primary N) is 1. The van der Waals surface area contributed by atoms with Gasteiger partial charge in [-0.25, -0.2) is 4.98 Å². The lowest BCUT2D eigenvalue weighted by Gasteiger charge is -2.07. The molecule has 2 heterocycles. The van der Waals surface area contributed by atoms with E-state index in [-0.39, 0.29) is 0 Å². The molecule has 2 aromatic rings. The number of anilines is 2. The molecular weight excluding hydrogens is 214 g/mol. The van der Waals surface area contributed by atoms with Crippen LogP contribution in [0, 0.1) is 6.92 Å². The van der Waals surface area contributed by atoms with Crippen LogP contribution in [0.25, 0.3) is 0 Å². The van der Waals surface area contributed by atoms with Crippen LogP contribution in [0.3, 0.4) is 0 Å². The van der Waals surface area contributed by atoms with Gasteiger partial charge in [0.2, 0.25) is 0 Å². The highest BCUT2D eigenvalue weighted by atomic mass is 15.3. The van der Waals surface area contributed by atoms with Gasteiger partial charge in [-0.15, -0.1) is 0 Å². The molecule has 0 aliphatic carbocycles. The number of hydrogen-bond acceptors (Lipinski definition) is 4. The lowest BCUT2D eigenvalue weighted by molar-refractivity contribution is 0.711. The molecule has 5 heteroatoms. The van der Waals surface area contributed by atoms with E-state index < -0.39 is 0 Å². The van der Waals surface area contributed by atoms with Gasteiger partial charge in [0.05, 0.1) is 11.9 Å². The maximum Gasteiger partial charge on any atom is 0.126 e. The summed E-state index contributed by atoms with van der Waals surface area (Å²) in [6, 6.07) is 3.97. The van der Waals surface area contributed by atoms with E-state index in [9.17, 15) is 0 Å². The smallest absolute Gasteiger partial charge is 0.126 e. The summed E-state index contributed by atoms with van der Waals surface area (Å²) < 4.78 is 1.88. The number of nitrogen functional groups attached to an aromatic ring is 1. The van der Waals surface area contributed by atoms with Gasteiger partial charge in [-0.05, 0) is 24.6 Å². The van der Waals surface area contributed by atoms with E-state index in [1.54, 1.807) is 12.4 Å². The molecule has 90 valence electrons. The Morgan fingerprint density at radius 2 is 2.29 bits per heavy atom. The first-order valence-corrected chi connectivity index (χ1v) is 5.59. The number of aromatic nitrogens is 3. The van der Waals surface area contributed by atoms with E-state index in [0.29, 0.717) is 0 Å². The fourth-order valence-corrected chi connectivity index (χ4v) is 1.63. The van der Waals surface area contributed by atoms with Crippen LogP contribution in [-0.4, -0.2) is 21.3 Å². The molecule has 0 atom stereocenters. The second-order valence-electron chi connectivity index (χ2n) is 4.05. The van der Waals surface area contributed by atoms with E-state index >= 15 is 0 Å². The van der Waals surface area contributed by atoms with Crippen molar-refractivity contribution < 1.29 is 0 Å². The molecule has 0 spiro atoms. The standard InChI is InChI=1S/C12H17N5/c1-9-7-12(15-8-11(9)13)14-5-3-10-4-6-16-17(10)2/h4,6-8H,3,5,13H2,1-2H3,(H,14,15). The predicted molar refractivity (Wildman–Crippen MR) is 68.8 cm³/mol. The molecular formula is C12H17N5. The maximum absolute atomic E-state index is 5.71. The molecule has 17 heavy (non-hydrogen) atoms. The Morgan fingerprint density at radius 3 is 2.94 bits per heavy atom. The molecule has 2 aromatic heterocycles. The second-order valence-corrected chi connectivity index (χ2v) is 4.05. The van der Waals surface area contributed by atoms with Crippen molar-refractivity contribution in [3.05, 3.63) is 35.8 Å². The number of nitrogens with zero attached hydrogens (tertiary/aromatic N) is 3. The highest BCUT2D eigenvalue weighted by molar-refractivity contribution is 5.50. The molecule has 0 unspecified atom stereocenters. The van der Waals surface area contributed by atoms with E-state index in [4.69, 9.17) is 5.73 Å². The number of nitrogens with one attached hydrogen (secondary N) is 1. The van der Waals surface area contributed by atoms with Crippen LogP contribution in [-0.2, 0) is 13.5 Å². The summed E-state index contributed by atoms with van der Waals surface area (Å²) in [7, 11) is 1.95. The summed E-state index contributed by atoms with van der Waals surface area (Å²) >= 11 is 0. The van der Waals surface area contributed by atoms with Crippen LogP contribution >= 0.6 is 0 Å². The third-order valence-electron chi connectivity index (χ3n) is 2.76. The minimum absolute atomic E-state index is 0.724. The predicted octanol–water partition coefficient (Wildman–Crippen LogP) is 1.36. The Bertz CT molecular complexity index is 503. The molecule has 0 fully saturated rings. The van der Waals surface area contributed by atoms with Gasteiger partial charge in [0.15, 0.2) is 0 Å². The molecule has 0 aliphatic heterocycles. The molecule has 0 amide bonds. The fourth-order valence-electron chi connectivity index (χ4n) is 1.63. The normalized spacial score (nSPS) is 10.5. The largest absolute Gasteiger partial charge is 0.397 e. The van der Waals surface area contributed by atoms with Crippen molar-refractivity contribution in [2.45, 2.75) is 13.3 Å². The van der Waals surface area contributed by atoms with Crippen molar-refractivity contribution in [2.24, 2.45) is 7.05 Å². The lowest BCUT2D eigenvalue weighted by atomic mass is 10.2. The van der Waals surface area contributed by atoms with Crippen LogP contribution in [0.5, 0.6) is 0 Å². The quantitative estimate of drug-likeness (QED) is 0.833. The first kappa shape index (κ1) is 11.4. The van der Waals surface area contributed by atoms with Gasteiger partial charge in [0.25, 0.3) is 0 Å². The molecule has 2 rings (SSSR count). The second kappa shape index (κ2) is 4.86. The van der Waals surface area contributed by atoms with E-state index in [1.807, 2.05) is 30.8 Å². The van der Waals surface area contributed by atoms with E-state index in [1.165, 1.54) is 5.69 Å². The first-order valence-electron chi connectivity index (χ1n) is 5.59. The molecule has 0 saturated heterocycles. The van der Waals surface area contributed by atoms with Crippen LogP contribution in [0.15, 0.2) is 24.5 Å². The highest BCUT2D eigenvalue weighted by Crippen LogP contribution is 2.12. The molecule has 3 N–H and O–H groups in total. The van der Waals surface area contributed by atoms with Crippen molar-refractivity contribution in [3.8, 4) is 0 Å². The van der Waals surface area contributed by atoms with Gasteiger partial charge < -0.3 is 11.1 Å². The Kier molecular flexibility index (Phi) is 3.27. The summed E-state index contributed by atoms with van der Waals surface area (Å²) in [5, 5.41) is 7.40. The minimum atomic E-state index is 0.724. The maximum atomic E-state index is 5.71.